The molecule has 2 saturated heterocycles. The van der Waals surface area contributed by atoms with Crippen molar-refractivity contribution in [3.63, 3.8) is 0 Å². The van der Waals surface area contributed by atoms with Crippen molar-refractivity contribution >= 4 is 18.0 Å². The number of hydrogen-bond donors (Lipinski definition) is 1. The summed E-state index contributed by atoms with van der Waals surface area (Å²) >= 11 is 0. The highest BCUT2D eigenvalue weighted by molar-refractivity contribution is 5.90. The van der Waals surface area contributed by atoms with Gasteiger partial charge in [0.1, 0.15) is 12.7 Å². The summed E-state index contributed by atoms with van der Waals surface area (Å²) in [4.78, 5) is 37.9. The highest BCUT2D eigenvalue weighted by Crippen LogP contribution is 2.41. The minimum atomic E-state index is -3.75. The lowest BCUT2D eigenvalue weighted by Gasteiger charge is -2.34. The van der Waals surface area contributed by atoms with Crippen molar-refractivity contribution in [2.75, 3.05) is 19.7 Å². The summed E-state index contributed by atoms with van der Waals surface area (Å²) in [6.07, 6.45) is -5.09. The summed E-state index contributed by atoms with van der Waals surface area (Å²) in [7, 11) is 0. The Morgan fingerprint density at radius 3 is 2.24 bits per heavy atom. The Kier molecular flexibility index (Phi) is 6.55. The predicted octanol–water partition coefficient (Wildman–Crippen LogP) is 2.84. The fourth-order valence-corrected chi connectivity index (χ4v) is 3.72. The zero-order valence-electron chi connectivity index (χ0n) is 17.5. The lowest BCUT2D eigenvalue weighted by atomic mass is 10.1. The van der Waals surface area contributed by atoms with E-state index in [-0.39, 0.29) is 17.7 Å². The summed E-state index contributed by atoms with van der Waals surface area (Å²) in [6, 6.07) is 15.0. The second kappa shape index (κ2) is 9.53. The lowest BCUT2D eigenvalue weighted by molar-refractivity contribution is -0.157. The largest absolute Gasteiger partial charge is 0.459 e. The fourth-order valence-electron chi connectivity index (χ4n) is 3.72. The molecule has 0 radical (unpaired) electrons. The highest BCUT2D eigenvalue weighted by Gasteiger charge is 2.64. The Hall–Kier alpha value is -3.53. The van der Waals surface area contributed by atoms with Gasteiger partial charge in [-0.15, -0.1) is 0 Å². The van der Waals surface area contributed by atoms with E-state index in [9.17, 15) is 14.4 Å². The van der Waals surface area contributed by atoms with E-state index in [0.29, 0.717) is 13.0 Å². The average molecular weight is 460 g/mol. The molecule has 2 fully saturated rings. The minimum Gasteiger partial charge on any atom is -0.459 e. The topological polar surface area (TPSA) is 94.2 Å². The molecule has 2 aliphatic heterocycles. The summed E-state index contributed by atoms with van der Waals surface area (Å²) in [5.41, 5.74) is 0.305. The third-order valence-corrected chi connectivity index (χ3v) is 5.38. The van der Waals surface area contributed by atoms with Crippen LogP contribution in [-0.4, -0.2) is 66.9 Å². The molecule has 2 amide bonds. The normalized spacial score (nSPS) is 24.1. The predicted molar refractivity (Wildman–Crippen MR) is 111 cm³/mol. The van der Waals surface area contributed by atoms with Crippen molar-refractivity contribution in [2.24, 2.45) is 0 Å². The number of hydrogen-bond acceptors (Lipinski definition) is 6. The van der Waals surface area contributed by atoms with E-state index in [1.165, 1.54) is 24.3 Å². The van der Waals surface area contributed by atoms with Crippen molar-refractivity contribution in [2.45, 2.75) is 30.8 Å². The van der Waals surface area contributed by atoms with Gasteiger partial charge in [-0.3, -0.25) is 4.90 Å². The molecule has 0 aromatic heterocycles. The SMILES string of the molecule is O=C(OC[C@H]1O[C@@H](N2CCCNC2=O)C(F)(F)[C@@H]1OC(=O)c1ccccc1)c1ccccc1. The molecule has 0 bridgehead atoms. The molecule has 0 unspecified atom stereocenters. The van der Waals surface area contributed by atoms with Gasteiger partial charge in [0.25, 0.3) is 0 Å². The maximum atomic E-state index is 15.4. The third kappa shape index (κ3) is 4.80. The number of nitrogens with zero attached hydrogens (tertiary/aromatic N) is 1. The summed E-state index contributed by atoms with van der Waals surface area (Å²) in [5.74, 6) is -5.47. The molecule has 174 valence electrons. The van der Waals surface area contributed by atoms with Crippen LogP contribution in [0.15, 0.2) is 60.7 Å². The summed E-state index contributed by atoms with van der Waals surface area (Å²) < 4.78 is 46.7. The summed E-state index contributed by atoms with van der Waals surface area (Å²) in [6.45, 7) is -0.192. The minimum absolute atomic E-state index is 0.0436. The van der Waals surface area contributed by atoms with Gasteiger partial charge in [-0.2, -0.15) is 8.78 Å². The second-order valence-electron chi connectivity index (χ2n) is 7.64. The molecular weight excluding hydrogens is 438 g/mol. The van der Waals surface area contributed by atoms with Crippen LogP contribution >= 0.6 is 0 Å². The number of carbonyl (C=O) groups excluding carboxylic acids is 3. The van der Waals surface area contributed by atoms with Crippen LogP contribution in [0.4, 0.5) is 13.6 Å². The highest BCUT2D eigenvalue weighted by atomic mass is 19.3. The van der Waals surface area contributed by atoms with Crippen LogP contribution in [0, 0.1) is 0 Å². The Morgan fingerprint density at radius 2 is 1.64 bits per heavy atom. The summed E-state index contributed by atoms with van der Waals surface area (Å²) in [5, 5.41) is 2.50. The quantitative estimate of drug-likeness (QED) is 0.667. The zero-order valence-corrected chi connectivity index (χ0v) is 17.5. The molecule has 2 aromatic rings. The van der Waals surface area contributed by atoms with Crippen LogP contribution in [0.25, 0.3) is 0 Å². The van der Waals surface area contributed by atoms with E-state index < -0.39 is 48.9 Å². The van der Waals surface area contributed by atoms with Gasteiger partial charge in [-0.25, -0.2) is 14.4 Å². The molecular formula is C23H22F2N2O6. The molecule has 0 saturated carbocycles. The van der Waals surface area contributed by atoms with Crippen molar-refractivity contribution in [3.05, 3.63) is 71.8 Å². The smallest absolute Gasteiger partial charge is 0.338 e. The van der Waals surface area contributed by atoms with Crippen LogP contribution in [0.3, 0.4) is 0 Å². The number of halogens is 2. The van der Waals surface area contributed by atoms with E-state index >= 15 is 8.78 Å². The van der Waals surface area contributed by atoms with Gasteiger partial charge in [0.2, 0.25) is 6.23 Å². The molecule has 3 atom stereocenters. The molecule has 0 aliphatic carbocycles. The zero-order chi connectivity index (χ0) is 23.4. The van der Waals surface area contributed by atoms with Gasteiger partial charge in [0.15, 0.2) is 6.10 Å². The third-order valence-electron chi connectivity index (χ3n) is 5.38. The number of rotatable bonds is 6. The molecule has 1 N–H and O–H groups in total. The second-order valence-corrected chi connectivity index (χ2v) is 7.64. The maximum Gasteiger partial charge on any atom is 0.338 e. The molecule has 2 aliphatic rings. The Balaban J connectivity index is 1.55. The van der Waals surface area contributed by atoms with Crippen LogP contribution < -0.4 is 5.32 Å². The fraction of sp³-hybridized carbons (Fsp3) is 0.348. The van der Waals surface area contributed by atoms with E-state index in [1.807, 2.05) is 0 Å². The van der Waals surface area contributed by atoms with Crippen LogP contribution in [-0.2, 0) is 14.2 Å². The molecule has 10 heteroatoms. The van der Waals surface area contributed by atoms with Crippen LogP contribution in [0.2, 0.25) is 0 Å². The van der Waals surface area contributed by atoms with Gasteiger partial charge in [0.05, 0.1) is 11.1 Å². The molecule has 8 nitrogen and oxygen atoms in total. The monoisotopic (exact) mass is 460 g/mol. The van der Waals surface area contributed by atoms with Gasteiger partial charge < -0.3 is 19.5 Å². The molecule has 33 heavy (non-hydrogen) atoms. The first-order valence-electron chi connectivity index (χ1n) is 10.4. The number of carbonyl (C=O) groups is 3. The molecule has 0 spiro atoms. The van der Waals surface area contributed by atoms with E-state index in [0.717, 1.165) is 4.90 Å². The van der Waals surface area contributed by atoms with Crippen molar-refractivity contribution in [1.82, 2.24) is 10.2 Å². The number of urea groups is 1. The number of esters is 2. The number of nitrogens with one attached hydrogen (secondary N) is 1. The van der Waals surface area contributed by atoms with Gasteiger partial charge >= 0.3 is 23.9 Å². The first-order chi connectivity index (χ1) is 15.9. The Labute approximate surface area is 188 Å². The number of ether oxygens (including phenoxy) is 3. The van der Waals surface area contributed by atoms with Gasteiger partial charge in [-0.05, 0) is 30.7 Å². The molecule has 2 heterocycles. The Bertz CT molecular complexity index is 1000. The number of amides is 2. The standard InChI is InChI=1S/C23H22F2N2O6/c24-23(25)18(33-20(29)16-10-5-2-6-11-16)17(14-31-19(28)15-8-3-1-4-9-15)32-21(23)27-13-7-12-26-22(27)30/h1-6,8-11,17-18,21H,7,12-14H2,(H,26,30)/t17-,18-,21-/m1/s1. The van der Waals surface area contributed by atoms with Crippen molar-refractivity contribution in [1.29, 1.82) is 0 Å². The number of alkyl halides is 2. The number of benzene rings is 2. The van der Waals surface area contributed by atoms with Crippen molar-refractivity contribution in [3.8, 4) is 0 Å². The van der Waals surface area contributed by atoms with E-state index in [4.69, 9.17) is 14.2 Å². The lowest BCUT2D eigenvalue weighted by Crippen LogP contribution is -2.57. The van der Waals surface area contributed by atoms with Crippen LogP contribution in [0.1, 0.15) is 27.1 Å². The van der Waals surface area contributed by atoms with E-state index in [1.54, 1.807) is 36.4 Å². The van der Waals surface area contributed by atoms with Gasteiger partial charge in [-0.1, -0.05) is 36.4 Å². The average Bonchev–Trinajstić information content (AvgIpc) is 3.08. The molecule has 2 aromatic carbocycles. The maximum absolute atomic E-state index is 15.4. The Morgan fingerprint density at radius 1 is 1.03 bits per heavy atom. The van der Waals surface area contributed by atoms with Crippen molar-refractivity contribution < 1.29 is 37.4 Å². The van der Waals surface area contributed by atoms with Crippen LogP contribution in [0.5, 0.6) is 0 Å². The molecule has 4 rings (SSSR count). The van der Waals surface area contributed by atoms with Gasteiger partial charge in [0, 0.05) is 13.1 Å². The van der Waals surface area contributed by atoms with E-state index in [2.05, 4.69) is 5.32 Å². The first-order valence-corrected chi connectivity index (χ1v) is 10.4. The first kappa shape index (κ1) is 22.7.